The zero-order valence-electron chi connectivity index (χ0n) is 12.7. The van der Waals surface area contributed by atoms with Crippen molar-refractivity contribution in [3.63, 3.8) is 0 Å². The van der Waals surface area contributed by atoms with Crippen molar-refractivity contribution in [1.82, 2.24) is 0 Å². The van der Waals surface area contributed by atoms with E-state index in [4.69, 9.17) is 9.47 Å². The van der Waals surface area contributed by atoms with Crippen LogP contribution in [0.25, 0.3) is 0 Å². The highest BCUT2D eigenvalue weighted by Crippen LogP contribution is 2.39. The van der Waals surface area contributed by atoms with Gasteiger partial charge in [-0.3, -0.25) is 0 Å². The first-order chi connectivity index (χ1) is 10.3. The molecule has 0 aliphatic rings. The van der Waals surface area contributed by atoms with Crippen LogP contribution in [0.5, 0.6) is 5.75 Å². The number of ether oxygens (including phenoxy) is 2. The Kier molecular flexibility index (Phi) is 6.83. The van der Waals surface area contributed by atoms with Gasteiger partial charge in [0.05, 0.1) is 22.4 Å². The number of carboxylic acid groups (broad SMARTS) is 1. The third-order valence-electron chi connectivity index (χ3n) is 3.09. The second kappa shape index (κ2) is 7.94. The van der Waals surface area contributed by atoms with Crippen LogP contribution in [0.15, 0.2) is 15.4 Å². The van der Waals surface area contributed by atoms with Crippen molar-refractivity contribution in [3.05, 3.63) is 21.7 Å². The van der Waals surface area contributed by atoms with E-state index in [1.165, 1.54) is 20.1 Å². The smallest absolute Gasteiger partial charge is 0.336 e. The Balaban J connectivity index is 3.63. The van der Waals surface area contributed by atoms with E-state index in [0.29, 0.717) is 12.0 Å². The van der Waals surface area contributed by atoms with Gasteiger partial charge in [0.2, 0.25) is 0 Å². The summed E-state index contributed by atoms with van der Waals surface area (Å²) in [6, 6.07) is 1.37. The van der Waals surface area contributed by atoms with Gasteiger partial charge in [-0.2, -0.15) is 0 Å². The van der Waals surface area contributed by atoms with Crippen LogP contribution in [0.4, 0.5) is 0 Å². The number of carboxylic acids is 1. The average Bonchev–Trinajstić information content (AvgIpc) is 2.48. The molecule has 0 aliphatic carbocycles. The van der Waals surface area contributed by atoms with Crippen LogP contribution in [-0.2, 0) is 21.0 Å². The molecule has 0 heterocycles. The SMILES string of the molecule is CCc1cc(C(=O)O)c(Br)c(OCCOC)c1S(=O)(=O)CC. The molecule has 0 aromatic heterocycles. The number of hydrogen-bond donors (Lipinski definition) is 1. The van der Waals surface area contributed by atoms with Crippen LogP contribution < -0.4 is 4.74 Å². The topological polar surface area (TPSA) is 89.9 Å². The standard InChI is InChI=1S/C14H19BrO6S/c1-4-9-8-10(14(16)17)11(15)12(21-7-6-20-3)13(9)22(18,19)5-2/h8H,4-7H2,1-3H3,(H,16,17). The van der Waals surface area contributed by atoms with Gasteiger partial charge in [-0.05, 0) is 34.0 Å². The van der Waals surface area contributed by atoms with Crippen molar-refractivity contribution in [2.45, 2.75) is 25.2 Å². The summed E-state index contributed by atoms with van der Waals surface area (Å²) in [7, 11) is -2.07. The minimum atomic E-state index is -3.56. The van der Waals surface area contributed by atoms with Crippen molar-refractivity contribution < 1.29 is 27.8 Å². The first-order valence-corrected chi connectivity index (χ1v) is 9.17. The number of rotatable bonds is 8. The maximum atomic E-state index is 12.4. The molecule has 0 spiro atoms. The summed E-state index contributed by atoms with van der Waals surface area (Å²) in [5.41, 5.74) is 0.397. The molecule has 0 amide bonds. The van der Waals surface area contributed by atoms with Gasteiger partial charge < -0.3 is 14.6 Å². The Hall–Kier alpha value is -1.12. The maximum Gasteiger partial charge on any atom is 0.336 e. The van der Waals surface area contributed by atoms with Crippen LogP contribution in [0.1, 0.15) is 29.8 Å². The highest BCUT2D eigenvalue weighted by Gasteiger charge is 2.28. The summed E-state index contributed by atoms with van der Waals surface area (Å²) in [5.74, 6) is -1.21. The molecular weight excluding hydrogens is 376 g/mol. The molecular formula is C14H19BrO6S. The number of hydrogen-bond acceptors (Lipinski definition) is 5. The number of benzene rings is 1. The van der Waals surface area contributed by atoms with Crippen molar-refractivity contribution in [2.24, 2.45) is 0 Å². The number of aryl methyl sites for hydroxylation is 1. The Labute approximate surface area is 138 Å². The maximum absolute atomic E-state index is 12.4. The van der Waals surface area contributed by atoms with Gasteiger partial charge in [-0.25, -0.2) is 13.2 Å². The van der Waals surface area contributed by atoms with Gasteiger partial charge in [0.25, 0.3) is 0 Å². The third-order valence-corrected chi connectivity index (χ3v) is 5.71. The monoisotopic (exact) mass is 394 g/mol. The molecule has 0 saturated heterocycles. The van der Waals surface area contributed by atoms with Gasteiger partial charge in [0, 0.05) is 7.11 Å². The van der Waals surface area contributed by atoms with Gasteiger partial charge in [0.15, 0.2) is 15.6 Å². The Morgan fingerprint density at radius 3 is 2.41 bits per heavy atom. The van der Waals surface area contributed by atoms with Crippen LogP contribution in [0.3, 0.4) is 0 Å². The molecule has 1 aromatic carbocycles. The minimum Gasteiger partial charge on any atom is -0.489 e. The molecule has 1 aromatic rings. The first-order valence-electron chi connectivity index (χ1n) is 6.73. The van der Waals surface area contributed by atoms with Gasteiger partial charge in [-0.15, -0.1) is 0 Å². The largest absolute Gasteiger partial charge is 0.489 e. The van der Waals surface area contributed by atoms with Gasteiger partial charge in [-0.1, -0.05) is 13.8 Å². The number of carbonyl (C=O) groups is 1. The van der Waals surface area contributed by atoms with Crippen molar-refractivity contribution >= 4 is 31.7 Å². The van der Waals surface area contributed by atoms with E-state index in [1.54, 1.807) is 6.92 Å². The lowest BCUT2D eigenvalue weighted by atomic mass is 10.1. The lowest BCUT2D eigenvalue weighted by molar-refractivity contribution is 0.0694. The van der Waals surface area contributed by atoms with Crippen molar-refractivity contribution in [1.29, 1.82) is 0 Å². The Bertz CT molecular complexity index is 654. The molecule has 1 rings (SSSR count). The van der Waals surface area contributed by atoms with Gasteiger partial charge in [0.1, 0.15) is 11.5 Å². The number of methoxy groups -OCH3 is 1. The summed E-state index contributed by atoms with van der Waals surface area (Å²) < 4.78 is 35.3. The van der Waals surface area contributed by atoms with Crippen molar-refractivity contribution in [3.8, 4) is 5.75 Å². The van der Waals surface area contributed by atoms with E-state index in [9.17, 15) is 18.3 Å². The van der Waals surface area contributed by atoms with Gasteiger partial charge >= 0.3 is 5.97 Å². The summed E-state index contributed by atoms with van der Waals surface area (Å²) in [6.45, 7) is 3.68. The molecule has 22 heavy (non-hydrogen) atoms. The fourth-order valence-corrected chi connectivity index (χ4v) is 3.99. The molecule has 0 fully saturated rings. The van der Waals surface area contributed by atoms with E-state index in [-0.39, 0.29) is 39.6 Å². The minimum absolute atomic E-state index is 0.0284. The molecule has 0 saturated carbocycles. The van der Waals surface area contributed by atoms with E-state index in [0.717, 1.165) is 0 Å². The number of sulfone groups is 1. The molecule has 0 atom stereocenters. The predicted molar refractivity (Wildman–Crippen MR) is 85.6 cm³/mol. The quantitative estimate of drug-likeness (QED) is 0.681. The average molecular weight is 395 g/mol. The fraction of sp³-hybridized carbons (Fsp3) is 0.500. The van der Waals surface area contributed by atoms with E-state index >= 15 is 0 Å². The van der Waals surface area contributed by atoms with E-state index in [1.807, 2.05) is 0 Å². The second-order valence-electron chi connectivity index (χ2n) is 4.46. The second-order valence-corrected chi connectivity index (χ2v) is 7.47. The fourth-order valence-electron chi connectivity index (χ4n) is 1.93. The Morgan fingerprint density at radius 2 is 1.95 bits per heavy atom. The van der Waals surface area contributed by atoms with Crippen LogP contribution in [0, 0.1) is 0 Å². The zero-order valence-corrected chi connectivity index (χ0v) is 15.1. The van der Waals surface area contributed by atoms with E-state index < -0.39 is 15.8 Å². The highest BCUT2D eigenvalue weighted by molar-refractivity contribution is 9.10. The molecule has 6 nitrogen and oxygen atoms in total. The molecule has 0 aliphatic heterocycles. The molecule has 0 radical (unpaired) electrons. The number of halogens is 1. The Morgan fingerprint density at radius 1 is 1.32 bits per heavy atom. The van der Waals surface area contributed by atoms with Crippen LogP contribution in [-0.4, -0.2) is 45.6 Å². The molecule has 0 bridgehead atoms. The lowest BCUT2D eigenvalue weighted by Gasteiger charge is -2.18. The molecule has 1 N–H and O–H groups in total. The third kappa shape index (κ3) is 3.99. The summed E-state index contributed by atoms with van der Waals surface area (Å²) >= 11 is 3.16. The molecule has 8 heteroatoms. The number of aromatic carboxylic acids is 1. The van der Waals surface area contributed by atoms with E-state index in [2.05, 4.69) is 15.9 Å². The summed E-state index contributed by atoms with van der Waals surface area (Å²) in [6.07, 6.45) is 0.378. The van der Waals surface area contributed by atoms with Crippen LogP contribution >= 0.6 is 15.9 Å². The zero-order chi connectivity index (χ0) is 16.9. The van der Waals surface area contributed by atoms with Crippen LogP contribution in [0.2, 0.25) is 0 Å². The highest BCUT2D eigenvalue weighted by atomic mass is 79.9. The normalized spacial score (nSPS) is 11.5. The molecule has 0 unspecified atom stereocenters. The first kappa shape index (κ1) is 18.9. The lowest BCUT2D eigenvalue weighted by Crippen LogP contribution is -2.15. The summed E-state index contributed by atoms with van der Waals surface area (Å²) in [5, 5.41) is 9.27. The predicted octanol–water partition coefficient (Wildman–Crippen LogP) is 2.53. The molecule has 124 valence electrons. The van der Waals surface area contributed by atoms with Crippen molar-refractivity contribution in [2.75, 3.05) is 26.1 Å². The summed E-state index contributed by atoms with van der Waals surface area (Å²) in [4.78, 5) is 11.4.